The number of rotatable bonds is 4. The van der Waals surface area contributed by atoms with Crippen LogP contribution in [0.5, 0.6) is 11.5 Å². The average Bonchev–Trinajstić information content (AvgIpc) is 2.47. The molecule has 0 saturated heterocycles. The number of H-pyrrole nitrogens is 1. The molecule has 0 bridgehead atoms. The van der Waals surface area contributed by atoms with Gasteiger partial charge in [-0.15, -0.1) is 0 Å². The summed E-state index contributed by atoms with van der Waals surface area (Å²) < 4.78 is 18.8. The Morgan fingerprint density at radius 2 is 2.18 bits per heavy atom. The molecule has 0 aliphatic heterocycles. The number of halogens is 1. The second-order valence-electron chi connectivity index (χ2n) is 4.27. The summed E-state index contributed by atoms with van der Waals surface area (Å²) in [6.07, 6.45) is 0.628. The van der Waals surface area contributed by atoms with Crippen LogP contribution < -0.4 is 21.3 Å². The maximum atomic E-state index is 13.1. The molecule has 2 rings (SSSR count). The summed E-state index contributed by atoms with van der Waals surface area (Å²) in [5.74, 6) is -1.91. The number of methoxy groups -OCH3 is 1. The Balaban J connectivity index is 2.23. The number of carbonyl (C=O) groups is 1. The van der Waals surface area contributed by atoms with E-state index in [0.29, 0.717) is 10.8 Å². The Morgan fingerprint density at radius 1 is 1.45 bits per heavy atom. The minimum Gasteiger partial charge on any atom is -0.506 e. The summed E-state index contributed by atoms with van der Waals surface area (Å²) in [4.78, 5) is 36.0. The molecule has 0 atom stereocenters. The van der Waals surface area contributed by atoms with E-state index in [-0.39, 0.29) is 17.2 Å². The van der Waals surface area contributed by atoms with Crippen LogP contribution in [0.3, 0.4) is 0 Å². The fourth-order valence-corrected chi connectivity index (χ4v) is 1.75. The van der Waals surface area contributed by atoms with Crippen molar-refractivity contribution >= 4 is 11.6 Å². The summed E-state index contributed by atoms with van der Waals surface area (Å²) in [7, 11) is 1.35. The highest BCUT2D eigenvalue weighted by molar-refractivity contribution is 5.93. The van der Waals surface area contributed by atoms with Crippen LogP contribution >= 0.6 is 0 Å². The number of amides is 1. The third-order valence-corrected chi connectivity index (χ3v) is 2.77. The fourth-order valence-electron chi connectivity index (χ4n) is 1.75. The number of ether oxygens (including phenoxy) is 1. The van der Waals surface area contributed by atoms with Gasteiger partial charge < -0.3 is 15.2 Å². The van der Waals surface area contributed by atoms with Gasteiger partial charge in [-0.3, -0.25) is 19.1 Å². The van der Waals surface area contributed by atoms with Crippen LogP contribution in [0.25, 0.3) is 0 Å². The maximum Gasteiger partial charge on any atom is 0.328 e. The molecule has 0 saturated carbocycles. The molecule has 0 unspecified atom stereocenters. The topological polar surface area (TPSA) is 113 Å². The molecule has 0 aliphatic carbocycles. The standard InChI is InChI=1S/C13H12FN3O5/c1-22-9-4-2-3-8(18)11(9)15-10(19)6-17-5-7(14)12(20)16-13(17)21/h2-5,18H,6H2,1H3,(H,15,19)(H,16,20,21). The smallest absolute Gasteiger partial charge is 0.328 e. The zero-order valence-corrected chi connectivity index (χ0v) is 11.4. The van der Waals surface area contributed by atoms with Crippen LogP contribution in [-0.4, -0.2) is 27.7 Å². The molecule has 0 aliphatic rings. The number of carbonyl (C=O) groups excluding carboxylic acids is 1. The molecule has 1 heterocycles. The number of benzene rings is 1. The van der Waals surface area contributed by atoms with E-state index in [4.69, 9.17) is 4.74 Å². The van der Waals surface area contributed by atoms with E-state index < -0.39 is 29.5 Å². The number of phenols is 1. The largest absolute Gasteiger partial charge is 0.506 e. The van der Waals surface area contributed by atoms with E-state index in [1.54, 1.807) is 4.98 Å². The lowest BCUT2D eigenvalue weighted by Crippen LogP contribution is -2.34. The van der Waals surface area contributed by atoms with Gasteiger partial charge in [0.15, 0.2) is 0 Å². The Labute approximate surface area is 122 Å². The van der Waals surface area contributed by atoms with Crippen molar-refractivity contribution in [1.82, 2.24) is 9.55 Å². The third kappa shape index (κ3) is 3.14. The predicted octanol–water partition coefficient (Wildman–Crippen LogP) is 0.0286. The summed E-state index contributed by atoms with van der Waals surface area (Å²) >= 11 is 0. The normalized spacial score (nSPS) is 10.3. The number of aromatic nitrogens is 2. The van der Waals surface area contributed by atoms with E-state index in [1.165, 1.54) is 25.3 Å². The van der Waals surface area contributed by atoms with Gasteiger partial charge in [-0.25, -0.2) is 4.79 Å². The van der Waals surface area contributed by atoms with Gasteiger partial charge in [-0.2, -0.15) is 4.39 Å². The minimum atomic E-state index is -1.19. The number of hydrogen-bond acceptors (Lipinski definition) is 5. The molecule has 0 fully saturated rings. The molecular weight excluding hydrogens is 297 g/mol. The Bertz CT molecular complexity index is 827. The number of aromatic hydroxyl groups is 1. The first kappa shape index (κ1) is 15.3. The molecule has 8 nitrogen and oxygen atoms in total. The SMILES string of the molecule is COc1cccc(O)c1NC(=O)Cn1cc(F)c(=O)[nH]c1=O. The number of hydrogen-bond donors (Lipinski definition) is 3. The maximum absolute atomic E-state index is 13.1. The highest BCUT2D eigenvalue weighted by atomic mass is 19.1. The molecule has 9 heteroatoms. The third-order valence-electron chi connectivity index (χ3n) is 2.77. The lowest BCUT2D eigenvalue weighted by Gasteiger charge is -2.12. The number of aromatic amines is 1. The lowest BCUT2D eigenvalue weighted by molar-refractivity contribution is -0.116. The number of nitrogens with one attached hydrogen (secondary N) is 2. The lowest BCUT2D eigenvalue weighted by atomic mass is 10.2. The van der Waals surface area contributed by atoms with Gasteiger partial charge in [-0.05, 0) is 12.1 Å². The summed E-state index contributed by atoms with van der Waals surface area (Å²) in [6, 6.07) is 4.37. The summed E-state index contributed by atoms with van der Waals surface area (Å²) in [6.45, 7) is -0.552. The van der Waals surface area contributed by atoms with Crippen LogP contribution in [0, 0.1) is 5.82 Å². The van der Waals surface area contributed by atoms with Gasteiger partial charge in [0.1, 0.15) is 23.7 Å². The van der Waals surface area contributed by atoms with E-state index in [0.717, 1.165) is 0 Å². The van der Waals surface area contributed by atoms with Gasteiger partial charge in [0, 0.05) is 0 Å². The molecule has 1 amide bonds. The number of anilines is 1. The van der Waals surface area contributed by atoms with Crippen molar-refractivity contribution < 1.29 is 19.0 Å². The second-order valence-corrected chi connectivity index (χ2v) is 4.27. The van der Waals surface area contributed by atoms with Crippen molar-refractivity contribution in [3.05, 3.63) is 51.1 Å². The van der Waals surface area contributed by atoms with Gasteiger partial charge in [0.05, 0.1) is 13.3 Å². The van der Waals surface area contributed by atoms with Crippen molar-refractivity contribution in [3.63, 3.8) is 0 Å². The quantitative estimate of drug-likeness (QED) is 0.690. The van der Waals surface area contributed by atoms with Crippen molar-refractivity contribution in [1.29, 1.82) is 0 Å². The van der Waals surface area contributed by atoms with Gasteiger partial charge in [0.2, 0.25) is 11.7 Å². The van der Waals surface area contributed by atoms with Crippen molar-refractivity contribution in [2.75, 3.05) is 12.4 Å². The Kier molecular flexibility index (Phi) is 4.25. The Morgan fingerprint density at radius 3 is 2.86 bits per heavy atom. The first-order valence-corrected chi connectivity index (χ1v) is 6.07. The molecule has 3 N–H and O–H groups in total. The van der Waals surface area contributed by atoms with Crippen LogP contribution in [0.1, 0.15) is 0 Å². The van der Waals surface area contributed by atoms with Crippen LogP contribution in [0.15, 0.2) is 34.0 Å². The molecule has 2 aromatic rings. The molecule has 116 valence electrons. The first-order valence-electron chi connectivity index (χ1n) is 6.07. The monoisotopic (exact) mass is 309 g/mol. The number of phenolic OH excluding ortho intramolecular Hbond substituents is 1. The van der Waals surface area contributed by atoms with Crippen LogP contribution in [-0.2, 0) is 11.3 Å². The van der Waals surface area contributed by atoms with E-state index in [1.807, 2.05) is 0 Å². The van der Waals surface area contributed by atoms with Crippen LogP contribution in [0.2, 0.25) is 0 Å². The van der Waals surface area contributed by atoms with Gasteiger partial charge in [0.25, 0.3) is 5.56 Å². The zero-order chi connectivity index (χ0) is 16.3. The Hall–Kier alpha value is -3.10. The molecular formula is C13H12FN3O5. The first-order chi connectivity index (χ1) is 10.4. The molecule has 1 aromatic heterocycles. The zero-order valence-electron chi connectivity index (χ0n) is 11.4. The van der Waals surface area contributed by atoms with Gasteiger partial charge in [-0.1, -0.05) is 6.07 Å². The van der Waals surface area contributed by atoms with Crippen molar-refractivity contribution in [2.45, 2.75) is 6.54 Å². The highest BCUT2D eigenvalue weighted by Crippen LogP contribution is 2.33. The van der Waals surface area contributed by atoms with E-state index in [9.17, 15) is 23.9 Å². The summed E-state index contributed by atoms with van der Waals surface area (Å²) in [5, 5.41) is 12.1. The predicted molar refractivity (Wildman–Crippen MR) is 74.6 cm³/mol. The fraction of sp³-hybridized carbons (Fsp3) is 0.154. The number of para-hydroxylation sites is 1. The molecule has 1 aromatic carbocycles. The van der Waals surface area contributed by atoms with Crippen LogP contribution in [0.4, 0.5) is 10.1 Å². The average molecular weight is 309 g/mol. The minimum absolute atomic E-state index is 0.0212. The van der Waals surface area contributed by atoms with Gasteiger partial charge >= 0.3 is 5.69 Å². The number of nitrogens with zero attached hydrogens (tertiary/aromatic N) is 1. The van der Waals surface area contributed by atoms with E-state index >= 15 is 0 Å². The van der Waals surface area contributed by atoms with Crippen molar-refractivity contribution in [3.8, 4) is 11.5 Å². The van der Waals surface area contributed by atoms with Crippen molar-refractivity contribution in [2.24, 2.45) is 0 Å². The molecule has 0 spiro atoms. The second kappa shape index (κ2) is 6.12. The molecule has 0 radical (unpaired) electrons. The van der Waals surface area contributed by atoms with E-state index in [2.05, 4.69) is 5.32 Å². The summed E-state index contributed by atoms with van der Waals surface area (Å²) in [5.41, 5.74) is -2.07. The molecule has 22 heavy (non-hydrogen) atoms. The highest BCUT2D eigenvalue weighted by Gasteiger charge is 2.13.